The summed E-state index contributed by atoms with van der Waals surface area (Å²) in [5.74, 6) is 0.222. The molecule has 0 saturated heterocycles. The molecular weight excluding hydrogens is 306 g/mol. The van der Waals surface area contributed by atoms with Gasteiger partial charge < -0.3 is 5.11 Å². The highest BCUT2D eigenvalue weighted by Gasteiger charge is 2.33. The minimum Gasteiger partial charge on any atom is -0.507 e. The Morgan fingerprint density at radius 3 is 2.26 bits per heavy atom. The lowest BCUT2D eigenvalue weighted by atomic mass is 9.89. The molecule has 0 aliphatic heterocycles. The van der Waals surface area contributed by atoms with Crippen molar-refractivity contribution in [3.63, 3.8) is 0 Å². The number of rotatable bonds is 5. The van der Waals surface area contributed by atoms with Crippen LogP contribution in [0.4, 0.5) is 4.39 Å². The Hall–Kier alpha value is -1.40. The molecule has 1 atom stereocenters. The molecule has 2 aromatic carbocycles. The molecule has 124 valence electrons. The molecule has 2 aromatic rings. The smallest absolute Gasteiger partial charge is 0.130 e. The number of halogens is 1. The number of phenolic OH excluding ortho intramolecular Hbond substituents is 1. The van der Waals surface area contributed by atoms with Crippen molar-refractivity contribution in [2.45, 2.75) is 52.6 Å². The van der Waals surface area contributed by atoms with Gasteiger partial charge in [0.15, 0.2) is 0 Å². The summed E-state index contributed by atoms with van der Waals surface area (Å²) in [5, 5.41) is 11.2. The van der Waals surface area contributed by atoms with Crippen LogP contribution in [0.3, 0.4) is 0 Å². The molecule has 0 bridgehead atoms. The second kappa shape index (κ2) is 7.01. The van der Waals surface area contributed by atoms with E-state index in [0.717, 1.165) is 40.4 Å². The third-order valence-corrected chi connectivity index (χ3v) is 7.09. The fourth-order valence-corrected chi connectivity index (χ4v) is 4.87. The summed E-state index contributed by atoms with van der Waals surface area (Å²) in [7, 11) is 0.295. The second-order valence-corrected chi connectivity index (χ2v) is 8.03. The van der Waals surface area contributed by atoms with Crippen LogP contribution in [0.15, 0.2) is 30.3 Å². The van der Waals surface area contributed by atoms with Crippen molar-refractivity contribution in [3.05, 3.63) is 58.4 Å². The van der Waals surface area contributed by atoms with Crippen LogP contribution in [0.5, 0.6) is 5.75 Å². The molecule has 1 unspecified atom stereocenters. The highest BCUT2D eigenvalue weighted by molar-refractivity contribution is 7.48. The first kappa shape index (κ1) is 17.9. The van der Waals surface area contributed by atoms with E-state index in [9.17, 15) is 9.50 Å². The van der Waals surface area contributed by atoms with Gasteiger partial charge in [-0.1, -0.05) is 52.3 Å². The first-order valence-corrected chi connectivity index (χ1v) is 9.18. The van der Waals surface area contributed by atoms with Gasteiger partial charge in [-0.05, 0) is 50.8 Å². The summed E-state index contributed by atoms with van der Waals surface area (Å²) in [6.07, 6.45) is 1.73. The first-order valence-electron chi connectivity index (χ1n) is 8.18. The van der Waals surface area contributed by atoms with Gasteiger partial charge in [0.25, 0.3) is 0 Å². The van der Waals surface area contributed by atoms with Gasteiger partial charge in [-0.25, -0.2) is 4.39 Å². The fourth-order valence-electron chi connectivity index (χ4n) is 3.23. The van der Waals surface area contributed by atoms with E-state index < -0.39 is 0 Å². The zero-order valence-corrected chi connectivity index (χ0v) is 15.6. The minimum atomic E-state index is -0.228. The third kappa shape index (κ3) is 3.43. The van der Waals surface area contributed by atoms with Gasteiger partial charge in [-0.15, -0.1) is 0 Å². The van der Waals surface area contributed by atoms with Gasteiger partial charge in [-0.2, -0.15) is 0 Å². The van der Waals surface area contributed by atoms with Gasteiger partial charge in [0.05, 0.1) is 0 Å². The molecule has 2 rings (SSSR count). The third-order valence-electron chi connectivity index (χ3n) is 4.75. The number of hydrogen-bond acceptors (Lipinski definition) is 1. The van der Waals surface area contributed by atoms with Crippen LogP contribution in [0.25, 0.3) is 0 Å². The van der Waals surface area contributed by atoms with E-state index in [0.29, 0.717) is 14.3 Å². The minimum absolute atomic E-state index is 0.140. The maximum atomic E-state index is 14.4. The van der Waals surface area contributed by atoms with E-state index in [2.05, 4.69) is 19.9 Å². The fraction of sp³-hybridized carbons (Fsp3) is 0.400. The predicted molar refractivity (Wildman–Crippen MR) is 98.9 cm³/mol. The molecule has 23 heavy (non-hydrogen) atoms. The predicted octanol–water partition coefficient (Wildman–Crippen LogP) is 5.48. The number of aromatic hydroxyl groups is 1. The first-order chi connectivity index (χ1) is 10.8. The van der Waals surface area contributed by atoms with Gasteiger partial charge in [0, 0.05) is 16.0 Å². The maximum absolute atomic E-state index is 14.4. The average Bonchev–Trinajstić information content (AvgIpc) is 2.52. The molecule has 0 fully saturated rings. The van der Waals surface area contributed by atoms with Crippen LogP contribution in [-0.2, 0) is 5.16 Å². The van der Waals surface area contributed by atoms with E-state index in [4.69, 9.17) is 0 Å². The van der Waals surface area contributed by atoms with Gasteiger partial charge in [0.1, 0.15) is 11.6 Å². The van der Waals surface area contributed by atoms with Crippen molar-refractivity contribution < 1.29 is 9.50 Å². The Bertz CT molecular complexity index is 685. The van der Waals surface area contributed by atoms with Crippen LogP contribution in [0, 0.1) is 26.6 Å². The number of benzene rings is 2. The van der Waals surface area contributed by atoms with Crippen molar-refractivity contribution in [3.8, 4) is 5.75 Å². The summed E-state index contributed by atoms with van der Waals surface area (Å²) in [4.78, 5) is 0. The van der Waals surface area contributed by atoms with Crippen molar-refractivity contribution in [2.24, 2.45) is 0 Å². The van der Waals surface area contributed by atoms with Crippen LogP contribution in [-0.4, -0.2) is 5.11 Å². The Balaban J connectivity index is 2.61. The zero-order valence-electron chi connectivity index (χ0n) is 14.6. The molecule has 3 heteroatoms. The summed E-state index contributed by atoms with van der Waals surface area (Å²) in [6, 6.07) is 9.31. The summed E-state index contributed by atoms with van der Waals surface area (Å²) < 4.78 is 14.4. The highest BCUT2D eigenvalue weighted by Crippen LogP contribution is 2.51. The van der Waals surface area contributed by atoms with Crippen LogP contribution in [0.1, 0.15) is 48.9 Å². The second-order valence-electron chi connectivity index (χ2n) is 6.32. The number of aryl methyl sites for hydroxylation is 3. The molecule has 0 heterocycles. The monoisotopic (exact) mass is 332 g/mol. The van der Waals surface area contributed by atoms with Crippen molar-refractivity contribution >= 4 is 13.9 Å². The van der Waals surface area contributed by atoms with E-state index in [1.807, 2.05) is 32.9 Å². The Labute approximate surface area is 140 Å². The van der Waals surface area contributed by atoms with Crippen LogP contribution < -0.4 is 5.30 Å². The molecule has 1 N–H and O–H groups in total. The quantitative estimate of drug-likeness (QED) is 0.719. The SMILES string of the molecule is CCC(CC)(Pc1c(C)cccc1F)c1cc(C)cc(C)c1O. The average molecular weight is 332 g/mol. The topological polar surface area (TPSA) is 20.2 Å². The summed E-state index contributed by atoms with van der Waals surface area (Å²) in [5.41, 5.74) is 3.97. The lowest BCUT2D eigenvalue weighted by Crippen LogP contribution is -2.24. The molecule has 0 spiro atoms. The molecule has 0 amide bonds. The Morgan fingerprint density at radius 2 is 1.70 bits per heavy atom. The number of hydrogen-bond donors (Lipinski definition) is 1. The van der Waals surface area contributed by atoms with E-state index in [1.54, 1.807) is 6.07 Å². The van der Waals surface area contributed by atoms with Crippen molar-refractivity contribution in [1.29, 1.82) is 0 Å². The van der Waals surface area contributed by atoms with E-state index in [-0.39, 0.29) is 11.0 Å². The van der Waals surface area contributed by atoms with Crippen molar-refractivity contribution in [2.75, 3.05) is 0 Å². The van der Waals surface area contributed by atoms with Crippen LogP contribution >= 0.6 is 8.58 Å². The van der Waals surface area contributed by atoms with E-state index >= 15 is 0 Å². The molecular formula is C20H26FOP. The lowest BCUT2D eigenvalue weighted by Gasteiger charge is -2.34. The molecule has 0 aromatic heterocycles. The standard InChI is InChI=1S/C20H26FOP/c1-6-20(7-2,16-12-13(3)11-15(5)18(16)22)23-19-14(4)9-8-10-17(19)21/h8-12,22-23H,6-7H2,1-5H3. The Kier molecular flexibility index (Phi) is 5.47. The maximum Gasteiger partial charge on any atom is 0.130 e. The van der Waals surface area contributed by atoms with Gasteiger partial charge in [-0.3, -0.25) is 0 Å². The lowest BCUT2D eigenvalue weighted by molar-refractivity contribution is 0.444. The molecule has 0 aliphatic rings. The molecule has 1 nitrogen and oxygen atoms in total. The Morgan fingerprint density at radius 1 is 1.04 bits per heavy atom. The van der Waals surface area contributed by atoms with Gasteiger partial charge >= 0.3 is 0 Å². The molecule has 0 saturated carbocycles. The summed E-state index contributed by atoms with van der Waals surface area (Å²) >= 11 is 0. The molecule has 0 radical (unpaired) electrons. The van der Waals surface area contributed by atoms with Crippen LogP contribution in [0.2, 0.25) is 0 Å². The largest absolute Gasteiger partial charge is 0.507 e. The van der Waals surface area contributed by atoms with Crippen molar-refractivity contribution in [1.82, 2.24) is 0 Å². The zero-order chi connectivity index (χ0) is 17.2. The van der Waals surface area contributed by atoms with E-state index in [1.165, 1.54) is 6.07 Å². The number of phenols is 1. The summed E-state index contributed by atoms with van der Waals surface area (Å²) in [6.45, 7) is 10.2. The van der Waals surface area contributed by atoms with Gasteiger partial charge in [0.2, 0.25) is 0 Å². The molecule has 0 aliphatic carbocycles. The normalized spacial score (nSPS) is 12.3. The highest BCUT2D eigenvalue weighted by atomic mass is 31.1.